The van der Waals surface area contributed by atoms with Gasteiger partial charge in [0.1, 0.15) is 0 Å². The van der Waals surface area contributed by atoms with E-state index < -0.39 is 0 Å². The molecule has 1 aliphatic carbocycles. The second-order valence-electron chi connectivity index (χ2n) is 6.34. The normalized spacial score (nSPS) is 31.3. The highest BCUT2D eigenvalue weighted by molar-refractivity contribution is 4.95. The molecule has 0 spiro atoms. The topological polar surface area (TPSA) is 26.0 Å². The molecule has 1 nitrogen and oxygen atoms in total. The van der Waals surface area contributed by atoms with E-state index in [9.17, 15) is 0 Å². The predicted octanol–water partition coefficient (Wildman–Crippen LogP) is 4.36. The largest absolute Gasteiger partial charge is 0.325 e. The van der Waals surface area contributed by atoms with E-state index in [-0.39, 0.29) is 5.54 Å². The van der Waals surface area contributed by atoms with Crippen LogP contribution in [0.5, 0.6) is 0 Å². The van der Waals surface area contributed by atoms with E-state index in [1.807, 2.05) is 0 Å². The summed E-state index contributed by atoms with van der Waals surface area (Å²) in [4.78, 5) is 0. The van der Waals surface area contributed by atoms with Crippen molar-refractivity contribution in [3.8, 4) is 0 Å². The van der Waals surface area contributed by atoms with Crippen LogP contribution in [0.4, 0.5) is 0 Å². The lowest BCUT2D eigenvalue weighted by Gasteiger charge is -2.43. The second-order valence-corrected chi connectivity index (χ2v) is 6.34. The number of hydrogen-bond donors (Lipinski definition) is 1. The Labute approximate surface area is 102 Å². The van der Waals surface area contributed by atoms with Gasteiger partial charge in [0.05, 0.1) is 0 Å². The van der Waals surface area contributed by atoms with E-state index in [4.69, 9.17) is 5.73 Å². The van der Waals surface area contributed by atoms with Crippen LogP contribution in [-0.4, -0.2) is 5.54 Å². The van der Waals surface area contributed by atoms with Gasteiger partial charge in [-0.2, -0.15) is 0 Å². The summed E-state index contributed by atoms with van der Waals surface area (Å²) in [6.45, 7) is 9.28. The molecule has 1 heteroatoms. The molecule has 0 heterocycles. The van der Waals surface area contributed by atoms with Gasteiger partial charge in [-0.1, -0.05) is 53.4 Å². The van der Waals surface area contributed by atoms with Crippen molar-refractivity contribution in [3.05, 3.63) is 0 Å². The zero-order valence-electron chi connectivity index (χ0n) is 11.8. The lowest BCUT2D eigenvalue weighted by Crippen LogP contribution is -2.50. The molecule has 0 bridgehead atoms. The first-order valence-corrected chi connectivity index (χ1v) is 7.30. The van der Waals surface area contributed by atoms with Crippen LogP contribution in [0, 0.1) is 17.8 Å². The monoisotopic (exact) mass is 225 g/mol. The van der Waals surface area contributed by atoms with Gasteiger partial charge in [0.2, 0.25) is 0 Å². The summed E-state index contributed by atoms with van der Waals surface area (Å²) in [5.74, 6) is 2.45. The molecule has 1 aliphatic rings. The van der Waals surface area contributed by atoms with Crippen LogP contribution in [0.15, 0.2) is 0 Å². The molecule has 0 radical (unpaired) electrons. The van der Waals surface area contributed by atoms with E-state index in [0.29, 0.717) is 0 Å². The maximum absolute atomic E-state index is 6.69. The van der Waals surface area contributed by atoms with Crippen LogP contribution >= 0.6 is 0 Å². The second kappa shape index (κ2) is 6.05. The highest BCUT2D eigenvalue weighted by Crippen LogP contribution is 2.40. The average Bonchev–Trinajstić information content (AvgIpc) is 2.17. The highest BCUT2D eigenvalue weighted by Gasteiger charge is 2.37. The fraction of sp³-hybridized carbons (Fsp3) is 1.00. The Hall–Kier alpha value is -0.0400. The Morgan fingerprint density at radius 3 is 2.38 bits per heavy atom. The quantitative estimate of drug-likeness (QED) is 0.739. The highest BCUT2D eigenvalue weighted by atomic mass is 14.8. The van der Waals surface area contributed by atoms with E-state index >= 15 is 0 Å². The van der Waals surface area contributed by atoms with Gasteiger partial charge in [-0.25, -0.2) is 0 Å². The van der Waals surface area contributed by atoms with Crippen molar-refractivity contribution >= 4 is 0 Å². The first-order valence-electron chi connectivity index (χ1n) is 7.30. The first kappa shape index (κ1) is 14.0. The summed E-state index contributed by atoms with van der Waals surface area (Å²) in [6, 6.07) is 0. The molecule has 1 saturated carbocycles. The van der Waals surface area contributed by atoms with Gasteiger partial charge in [-0.3, -0.25) is 0 Å². The summed E-state index contributed by atoms with van der Waals surface area (Å²) in [5, 5.41) is 0. The fourth-order valence-corrected chi connectivity index (χ4v) is 3.80. The minimum absolute atomic E-state index is 0.154. The lowest BCUT2D eigenvalue weighted by molar-refractivity contribution is 0.133. The van der Waals surface area contributed by atoms with Crippen molar-refractivity contribution in [3.63, 3.8) is 0 Å². The number of nitrogens with two attached hydrogens (primary N) is 1. The standard InChI is InChI=1S/C15H31N/c1-5-14(6-2)15(16)9-7-8-13(11-15)10-12(3)4/h12-14H,5-11,16H2,1-4H3. The minimum Gasteiger partial charge on any atom is -0.325 e. The molecular weight excluding hydrogens is 194 g/mol. The number of rotatable bonds is 5. The van der Waals surface area contributed by atoms with Crippen LogP contribution in [-0.2, 0) is 0 Å². The lowest BCUT2D eigenvalue weighted by atomic mass is 9.66. The average molecular weight is 225 g/mol. The van der Waals surface area contributed by atoms with Gasteiger partial charge in [0.25, 0.3) is 0 Å². The van der Waals surface area contributed by atoms with E-state index in [1.54, 1.807) is 0 Å². The third-order valence-electron chi connectivity index (χ3n) is 4.53. The fourth-order valence-electron chi connectivity index (χ4n) is 3.80. The number of hydrogen-bond acceptors (Lipinski definition) is 1. The smallest absolute Gasteiger partial charge is 0.0185 e. The molecule has 1 fully saturated rings. The molecule has 0 aromatic heterocycles. The van der Waals surface area contributed by atoms with Crippen LogP contribution in [0.2, 0.25) is 0 Å². The van der Waals surface area contributed by atoms with E-state index in [0.717, 1.165) is 17.8 Å². The van der Waals surface area contributed by atoms with Gasteiger partial charge in [-0.05, 0) is 37.0 Å². The van der Waals surface area contributed by atoms with Gasteiger partial charge in [0, 0.05) is 5.54 Å². The molecule has 2 unspecified atom stereocenters. The summed E-state index contributed by atoms with van der Waals surface area (Å²) >= 11 is 0. The SMILES string of the molecule is CCC(CC)C1(N)CCCC(CC(C)C)C1. The summed E-state index contributed by atoms with van der Waals surface area (Å²) in [6.07, 6.45) is 9.18. The third kappa shape index (κ3) is 3.48. The summed E-state index contributed by atoms with van der Waals surface area (Å²) in [5.41, 5.74) is 6.84. The summed E-state index contributed by atoms with van der Waals surface area (Å²) in [7, 11) is 0. The Kier molecular flexibility index (Phi) is 5.30. The maximum Gasteiger partial charge on any atom is 0.0185 e. The van der Waals surface area contributed by atoms with E-state index in [1.165, 1.54) is 44.9 Å². The molecule has 16 heavy (non-hydrogen) atoms. The van der Waals surface area contributed by atoms with Gasteiger partial charge in [-0.15, -0.1) is 0 Å². The molecular formula is C15H31N. The van der Waals surface area contributed by atoms with Crippen molar-refractivity contribution in [1.82, 2.24) is 0 Å². The van der Waals surface area contributed by atoms with Gasteiger partial charge >= 0.3 is 0 Å². The Morgan fingerprint density at radius 1 is 1.25 bits per heavy atom. The van der Waals surface area contributed by atoms with Crippen molar-refractivity contribution in [2.45, 2.75) is 78.2 Å². The minimum atomic E-state index is 0.154. The predicted molar refractivity (Wildman–Crippen MR) is 72.4 cm³/mol. The van der Waals surface area contributed by atoms with Crippen LogP contribution in [0.1, 0.15) is 72.6 Å². The van der Waals surface area contributed by atoms with Gasteiger partial charge < -0.3 is 5.73 Å². The third-order valence-corrected chi connectivity index (χ3v) is 4.53. The Morgan fingerprint density at radius 2 is 1.88 bits per heavy atom. The molecule has 2 N–H and O–H groups in total. The van der Waals surface area contributed by atoms with Gasteiger partial charge in [0.15, 0.2) is 0 Å². The Bertz CT molecular complexity index is 196. The Balaban J connectivity index is 2.59. The zero-order valence-corrected chi connectivity index (χ0v) is 11.8. The van der Waals surface area contributed by atoms with Crippen molar-refractivity contribution < 1.29 is 0 Å². The molecule has 0 aromatic rings. The van der Waals surface area contributed by atoms with Crippen LogP contribution < -0.4 is 5.73 Å². The first-order chi connectivity index (χ1) is 7.51. The van der Waals surface area contributed by atoms with Crippen LogP contribution in [0.3, 0.4) is 0 Å². The van der Waals surface area contributed by atoms with E-state index in [2.05, 4.69) is 27.7 Å². The molecule has 0 aliphatic heterocycles. The molecule has 0 aromatic carbocycles. The van der Waals surface area contributed by atoms with Crippen LogP contribution in [0.25, 0.3) is 0 Å². The molecule has 1 rings (SSSR count). The van der Waals surface area contributed by atoms with Crippen molar-refractivity contribution in [1.29, 1.82) is 0 Å². The van der Waals surface area contributed by atoms with Crippen molar-refractivity contribution in [2.24, 2.45) is 23.5 Å². The molecule has 2 atom stereocenters. The van der Waals surface area contributed by atoms with Crippen molar-refractivity contribution in [2.75, 3.05) is 0 Å². The zero-order chi connectivity index (χ0) is 12.2. The maximum atomic E-state index is 6.69. The molecule has 96 valence electrons. The molecule has 0 amide bonds. The molecule has 0 saturated heterocycles. The summed E-state index contributed by atoms with van der Waals surface area (Å²) < 4.78 is 0.